The molecular formula is C16H24N2O. The molecule has 2 rings (SSSR count). The predicted octanol–water partition coefficient (Wildman–Crippen LogP) is 2.27. The third-order valence-electron chi connectivity index (χ3n) is 3.69. The van der Waals surface area contributed by atoms with Crippen LogP contribution in [0.2, 0.25) is 0 Å². The standard InChI is InChI=1S/C16H24N2O/c19-16(18-13-11-15-9-5-12-17-15)10-4-8-14-6-2-1-3-7-14/h1-3,6-7,15,17H,4-5,8-13H2,(H,18,19)/t15-/m0/s1. The van der Waals surface area contributed by atoms with Crippen LogP contribution in [-0.2, 0) is 11.2 Å². The first-order chi connectivity index (χ1) is 9.34. The predicted molar refractivity (Wildman–Crippen MR) is 78.0 cm³/mol. The molecule has 2 N–H and O–H groups in total. The number of hydrogen-bond donors (Lipinski definition) is 2. The summed E-state index contributed by atoms with van der Waals surface area (Å²) in [5.74, 6) is 0.189. The van der Waals surface area contributed by atoms with E-state index in [0.29, 0.717) is 12.5 Å². The van der Waals surface area contributed by atoms with Crippen LogP contribution in [0.25, 0.3) is 0 Å². The van der Waals surface area contributed by atoms with Gasteiger partial charge in [0.25, 0.3) is 0 Å². The largest absolute Gasteiger partial charge is 0.356 e. The van der Waals surface area contributed by atoms with Gasteiger partial charge in [-0.25, -0.2) is 0 Å². The first-order valence-electron chi connectivity index (χ1n) is 7.38. The second-order valence-electron chi connectivity index (χ2n) is 5.27. The van der Waals surface area contributed by atoms with E-state index < -0.39 is 0 Å². The average Bonchev–Trinajstić information content (AvgIpc) is 2.93. The van der Waals surface area contributed by atoms with E-state index >= 15 is 0 Å². The SMILES string of the molecule is O=C(CCCc1ccccc1)NCC[C@@H]1CCCN1. The average molecular weight is 260 g/mol. The zero-order chi connectivity index (χ0) is 13.3. The van der Waals surface area contributed by atoms with Gasteiger partial charge in [0.15, 0.2) is 0 Å². The van der Waals surface area contributed by atoms with E-state index in [0.717, 1.165) is 32.4 Å². The molecule has 1 heterocycles. The van der Waals surface area contributed by atoms with E-state index in [9.17, 15) is 4.79 Å². The lowest BCUT2D eigenvalue weighted by Gasteiger charge is -2.10. The fourth-order valence-corrected chi connectivity index (χ4v) is 2.58. The zero-order valence-corrected chi connectivity index (χ0v) is 11.5. The molecule has 1 aromatic carbocycles. The van der Waals surface area contributed by atoms with Gasteiger partial charge in [-0.3, -0.25) is 4.79 Å². The summed E-state index contributed by atoms with van der Waals surface area (Å²) in [6, 6.07) is 11.0. The van der Waals surface area contributed by atoms with Crippen LogP contribution in [-0.4, -0.2) is 25.0 Å². The third-order valence-corrected chi connectivity index (χ3v) is 3.69. The molecule has 1 aliphatic rings. The van der Waals surface area contributed by atoms with Gasteiger partial charge in [-0.2, -0.15) is 0 Å². The maximum atomic E-state index is 11.7. The Hall–Kier alpha value is -1.35. The molecule has 0 bridgehead atoms. The number of amides is 1. The van der Waals surface area contributed by atoms with Gasteiger partial charge in [0.2, 0.25) is 5.91 Å². The molecule has 1 saturated heterocycles. The lowest BCUT2D eigenvalue weighted by Crippen LogP contribution is -2.30. The van der Waals surface area contributed by atoms with Crippen molar-refractivity contribution in [3.63, 3.8) is 0 Å². The van der Waals surface area contributed by atoms with Crippen molar-refractivity contribution in [2.75, 3.05) is 13.1 Å². The molecule has 19 heavy (non-hydrogen) atoms. The molecule has 0 unspecified atom stereocenters. The van der Waals surface area contributed by atoms with E-state index in [1.54, 1.807) is 0 Å². The highest BCUT2D eigenvalue weighted by molar-refractivity contribution is 5.75. The first kappa shape index (κ1) is 14.1. The fraction of sp³-hybridized carbons (Fsp3) is 0.562. The Balaban J connectivity index is 1.52. The topological polar surface area (TPSA) is 41.1 Å². The Morgan fingerprint density at radius 1 is 1.32 bits per heavy atom. The van der Waals surface area contributed by atoms with E-state index in [1.807, 2.05) is 18.2 Å². The third kappa shape index (κ3) is 5.43. The summed E-state index contributed by atoms with van der Waals surface area (Å²) in [6.45, 7) is 1.94. The van der Waals surface area contributed by atoms with Crippen LogP contribution in [0.3, 0.4) is 0 Å². The molecule has 0 saturated carbocycles. The number of carbonyl (C=O) groups excluding carboxylic acids is 1. The van der Waals surface area contributed by atoms with E-state index in [4.69, 9.17) is 0 Å². The molecule has 1 fully saturated rings. The lowest BCUT2D eigenvalue weighted by molar-refractivity contribution is -0.121. The highest BCUT2D eigenvalue weighted by Crippen LogP contribution is 2.08. The summed E-state index contributed by atoms with van der Waals surface area (Å²) in [7, 11) is 0. The molecule has 0 spiro atoms. The van der Waals surface area contributed by atoms with Gasteiger partial charge in [-0.15, -0.1) is 0 Å². The molecular weight excluding hydrogens is 236 g/mol. The minimum atomic E-state index is 0.189. The number of aryl methyl sites for hydroxylation is 1. The van der Waals surface area contributed by atoms with Crippen LogP contribution in [0, 0.1) is 0 Å². The van der Waals surface area contributed by atoms with Crippen LogP contribution in [0.4, 0.5) is 0 Å². The van der Waals surface area contributed by atoms with Crippen LogP contribution >= 0.6 is 0 Å². The smallest absolute Gasteiger partial charge is 0.220 e. The number of nitrogens with one attached hydrogen (secondary N) is 2. The number of hydrogen-bond acceptors (Lipinski definition) is 2. The molecule has 0 aliphatic carbocycles. The second-order valence-corrected chi connectivity index (χ2v) is 5.27. The van der Waals surface area contributed by atoms with Crippen molar-refractivity contribution in [1.82, 2.24) is 10.6 Å². The minimum absolute atomic E-state index is 0.189. The summed E-state index contributed by atoms with van der Waals surface area (Å²) in [6.07, 6.45) is 6.13. The highest BCUT2D eigenvalue weighted by Gasteiger charge is 2.13. The Labute approximate surface area is 115 Å². The molecule has 1 atom stereocenters. The van der Waals surface area contributed by atoms with Gasteiger partial charge < -0.3 is 10.6 Å². The quantitative estimate of drug-likeness (QED) is 0.789. The van der Waals surface area contributed by atoms with Crippen molar-refractivity contribution in [1.29, 1.82) is 0 Å². The maximum Gasteiger partial charge on any atom is 0.220 e. The van der Waals surface area contributed by atoms with E-state index in [2.05, 4.69) is 22.8 Å². The summed E-state index contributed by atoms with van der Waals surface area (Å²) in [5.41, 5.74) is 1.31. The summed E-state index contributed by atoms with van der Waals surface area (Å²) in [4.78, 5) is 11.7. The van der Waals surface area contributed by atoms with Crippen LogP contribution in [0.1, 0.15) is 37.7 Å². The molecule has 1 aliphatic heterocycles. The lowest BCUT2D eigenvalue weighted by atomic mass is 10.1. The van der Waals surface area contributed by atoms with Gasteiger partial charge in [0.1, 0.15) is 0 Å². The van der Waals surface area contributed by atoms with Crippen molar-refractivity contribution in [3.05, 3.63) is 35.9 Å². The molecule has 1 amide bonds. The van der Waals surface area contributed by atoms with Gasteiger partial charge in [0, 0.05) is 19.0 Å². The molecule has 0 aromatic heterocycles. The number of benzene rings is 1. The normalized spacial score (nSPS) is 18.4. The van der Waals surface area contributed by atoms with Gasteiger partial charge in [-0.1, -0.05) is 30.3 Å². The van der Waals surface area contributed by atoms with E-state index in [-0.39, 0.29) is 5.91 Å². The first-order valence-corrected chi connectivity index (χ1v) is 7.38. The molecule has 1 aromatic rings. The molecule has 104 valence electrons. The van der Waals surface area contributed by atoms with Crippen molar-refractivity contribution in [3.8, 4) is 0 Å². The van der Waals surface area contributed by atoms with Crippen LogP contribution in [0.5, 0.6) is 0 Å². The van der Waals surface area contributed by atoms with Gasteiger partial charge >= 0.3 is 0 Å². The Bertz CT molecular complexity index is 372. The van der Waals surface area contributed by atoms with Crippen molar-refractivity contribution in [2.45, 2.75) is 44.6 Å². The monoisotopic (exact) mass is 260 g/mol. The molecule has 0 radical (unpaired) electrons. The Morgan fingerprint density at radius 3 is 2.89 bits per heavy atom. The minimum Gasteiger partial charge on any atom is -0.356 e. The summed E-state index contributed by atoms with van der Waals surface area (Å²) in [5, 5.41) is 6.46. The van der Waals surface area contributed by atoms with Crippen molar-refractivity contribution in [2.24, 2.45) is 0 Å². The fourth-order valence-electron chi connectivity index (χ4n) is 2.58. The zero-order valence-electron chi connectivity index (χ0n) is 11.5. The van der Waals surface area contributed by atoms with E-state index in [1.165, 1.54) is 18.4 Å². The van der Waals surface area contributed by atoms with Gasteiger partial charge in [-0.05, 0) is 44.2 Å². The van der Waals surface area contributed by atoms with Crippen molar-refractivity contribution >= 4 is 5.91 Å². The maximum absolute atomic E-state index is 11.7. The van der Waals surface area contributed by atoms with Gasteiger partial charge in [0.05, 0.1) is 0 Å². The number of rotatable bonds is 7. The van der Waals surface area contributed by atoms with Crippen molar-refractivity contribution < 1.29 is 4.79 Å². The molecule has 3 nitrogen and oxygen atoms in total. The van der Waals surface area contributed by atoms with Crippen LogP contribution in [0.15, 0.2) is 30.3 Å². The van der Waals surface area contributed by atoms with Crippen LogP contribution < -0.4 is 10.6 Å². The highest BCUT2D eigenvalue weighted by atomic mass is 16.1. The Kier molecular flexibility index (Phi) is 5.89. The summed E-state index contributed by atoms with van der Waals surface area (Å²) >= 11 is 0. The summed E-state index contributed by atoms with van der Waals surface area (Å²) < 4.78 is 0. The molecule has 3 heteroatoms. The number of carbonyl (C=O) groups is 1. The second kappa shape index (κ2) is 7.95. The Morgan fingerprint density at radius 2 is 2.16 bits per heavy atom.